The SMILES string of the molecule is CN[C@@H](CN)c1ccc(Cl)cc1. The first-order valence-electron chi connectivity index (χ1n) is 3.90. The molecule has 0 radical (unpaired) electrons. The van der Waals surface area contributed by atoms with E-state index >= 15 is 0 Å². The molecule has 66 valence electrons. The van der Waals surface area contributed by atoms with Crippen molar-refractivity contribution in [1.29, 1.82) is 0 Å². The highest BCUT2D eigenvalue weighted by atomic mass is 35.5. The number of hydrogen-bond acceptors (Lipinski definition) is 2. The second-order valence-corrected chi connectivity index (χ2v) is 3.06. The Bertz CT molecular complexity index is 229. The van der Waals surface area contributed by atoms with Gasteiger partial charge in [0.05, 0.1) is 0 Å². The summed E-state index contributed by atoms with van der Waals surface area (Å²) in [4.78, 5) is 0. The lowest BCUT2D eigenvalue weighted by Crippen LogP contribution is -2.24. The van der Waals surface area contributed by atoms with Crippen molar-refractivity contribution in [2.45, 2.75) is 6.04 Å². The molecule has 1 aromatic rings. The van der Waals surface area contributed by atoms with Gasteiger partial charge in [0.25, 0.3) is 0 Å². The van der Waals surface area contributed by atoms with E-state index in [0.717, 1.165) is 5.02 Å². The molecule has 0 aliphatic rings. The molecule has 0 aromatic heterocycles. The molecule has 0 aliphatic carbocycles. The van der Waals surface area contributed by atoms with Crippen LogP contribution < -0.4 is 11.1 Å². The molecule has 0 unspecified atom stereocenters. The molecule has 12 heavy (non-hydrogen) atoms. The second kappa shape index (κ2) is 4.45. The summed E-state index contributed by atoms with van der Waals surface area (Å²) in [6, 6.07) is 7.93. The summed E-state index contributed by atoms with van der Waals surface area (Å²) in [6.07, 6.45) is 0. The molecule has 2 nitrogen and oxygen atoms in total. The van der Waals surface area contributed by atoms with Crippen molar-refractivity contribution in [2.24, 2.45) is 5.73 Å². The molecule has 0 fully saturated rings. The summed E-state index contributed by atoms with van der Waals surface area (Å²) in [5.41, 5.74) is 6.73. The number of benzene rings is 1. The van der Waals surface area contributed by atoms with Crippen molar-refractivity contribution in [2.75, 3.05) is 13.6 Å². The van der Waals surface area contributed by atoms with Gasteiger partial charge in [0.15, 0.2) is 0 Å². The van der Waals surface area contributed by atoms with E-state index in [1.54, 1.807) is 0 Å². The van der Waals surface area contributed by atoms with E-state index in [2.05, 4.69) is 5.32 Å². The van der Waals surface area contributed by atoms with Crippen LogP contribution in [-0.2, 0) is 0 Å². The van der Waals surface area contributed by atoms with E-state index in [4.69, 9.17) is 17.3 Å². The van der Waals surface area contributed by atoms with Gasteiger partial charge in [-0.3, -0.25) is 0 Å². The third-order valence-corrected chi connectivity index (χ3v) is 2.11. The lowest BCUT2D eigenvalue weighted by Gasteiger charge is -2.13. The van der Waals surface area contributed by atoms with Crippen LogP contribution in [0.2, 0.25) is 5.02 Å². The van der Waals surface area contributed by atoms with Crippen LogP contribution in [0.1, 0.15) is 11.6 Å². The maximum Gasteiger partial charge on any atom is 0.0442 e. The maximum atomic E-state index is 5.75. The predicted molar refractivity (Wildman–Crippen MR) is 52.3 cm³/mol. The average molecular weight is 185 g/mol. The van der Waals surface area contributed by atoms with Gasteiger partial charge in [0.2, 0.25) is 0 Å². The zero-order valence-corrected chi connectivity index (χ0v) is 7.81. The van der Waals surface area contributed by atoms with Gasteiger partial charge in [-0.2, -0.15) is 0 Å². The minimum atomic E-state index is 0.224. The van der Waals surface area contributed by atoms with Gasteiger partial charge in [-0.25, -0.2) is 0 Å². The number of nitrogens with two attached hydrogens (primary N) is 1. The van der Waals surface area contributed by atoms with Crippen molar-refractivity contribution >= 4 is 11.6 Å². The van der Waals surface area contributed by atoms with E-state index in [1.807, 2.05) is 31.3 Å². The maximum absolute atomic E-state index is 5.75. The molecule has 1 rings (SSSR count). The van der Waals surface area contributed by atoms with Gasteiger partial charge in [0, 0.05) is 17.6 Å². The monoisotopic (exact) mass is 184 g/mol. The molecule has 1 atom stereocenters. The molecule has 0 aliphatic heterocycles. The van der Waals surface area contributed by atoms with Crippen molar-refractivity contribution in [1.82, 2.24) is 5.32 Å². The van der Waals surface area contributed by atoms with E-state index in [0.29, 0.717) is 6.54 Å². The van der Waals surface area contributed by atoms with Crippen molar-refractivity contribution in [3.8, 4) is 0 Å². The second-order valence-electron chi connectivity index (χ2n) is 2.63. The Balaban J connectivity index is 2.80. The van der Waals surface area contributed by atoms with Crippen LogP contribution in [0.3, 0.4) is 0 Å². The normalized spacial score (nSPS) is 12.9. The number of rotatable bonds is 3. The Morgan fingerprint density at radius 1 is 1.42 bits per heavy atom. The number of nitrogens with one attached hydrogen (secondary N) is 1. The fourth-order valence-corrected chi connectivity index (χ4v) is 1.24. The zero-order valence-electron chi connectivity index (χ0n) is 7.05. The van der Waals surface area contributed by atoms with Crippen LogP contribution in [0.15, 0.2) is 24.3 Å². The molecule has 0 heterocycles. The number of likely N-dealkylation sites (N-methyl/N-ethyl adjacent to an activating group) is 1. The Kier molecular flexibility index (Phi) is 3.53. The van der Waals surface area contributed by atoms with Gasteiger partial charge in [-0.1, -0.05) is 23.7 Å². The molecule has 0 bridgehead atoms. The minimum Gasteiger partial charge on any atom is -0.329 e. The van der Waals surface area contributed by atoms with E-state index < -0.39 is 0 Å². The van der Waals surface area contributed by atoms with Gasteiger partial charge in [-0.15, -0.1) is 0 Å². The fourth-order valence-electron chi connectivity index (χ4n) is 1.12. The smallest absolute Gasteiger partial charge is 0.0442 e. The Hall–Kier alpha value is -0.570. The molecule has 0 amide bonds. The first-order valence-corrected chi connectivity index (χ1v) is 4.28. The predicted octanol–water partition coefficient (Wildman–Crippen LogP) is 1.56. The fraction of sp³-hybridized carbons (Fsp3) is 0.333. The van der Waals surface area contributed by atoms with Gasteiger partial charge in [0.1, 0.15) is 0 Å². The summed E-state index contributed by atoms with van der Waals surface area (Å²) < 4.78 is 0. The molecule has 1 aromatic carbocycles. The van der Waals surface area contributed by atoms with Crippen molar-refractivity contribution < 1.29 is 0 Å². The highest BCUT2D eigenvalue weighted by molar-refractivity contribution is 6.30. The summed E-state index contributed by atoms with van der Waals surface area (Å²) in [7, 11) is 1.89. The first kappa shape index (κ1) is 9.52. The van der Waals surface area contributed by atoms with Gasteiger partial charge >= 0.3 is 0 Å². The van der Waals surface area contributed by atoms with E-state index in [-0.39, 0.29) is 6.04 Å². The molecular formula is C9H13ClN2. The average Bonchev–Trinajstić information content (AvgIpc) is 2.10. The standard InChI is InChI=1S/C9H13ClN2/c1-12-9(6-11)7-2-4-8(10)5-3-7/h2-5,9,12H,6,11H2,1H3/t9-/m0/s1. The Labute approximate surface area is 77.7 Å². The largest absolute Gasteiger partial charge is 0.329 e. The molecule has 0 saturated carbocycles. The molecule has 0 saturated heterocycles. The third kappa shape index (κ3) is 2.21. The summed E-state index contributed by atoms with van der Waals surface area (Å²) in [6.45, 7) is 0.595. The van der Waals surface area contributed by atoms with Crippen LogP contribution >= 0.6 is 11.6 Å². The summed E-state index contributed by atoms with van der Waals surface area (Å²) in [5.74, 6) is 0. The van der Waals surface area contributed by atoms with Crippen molar-refractivity contribution in [3.63, 3.8) is 0 Å². The Morgan fingerprint density at radius 2 is 2.00 bits per heavy atom. The lowest BCUT2D eigenvalue weighted by molar-refractivity contribution is 0.606. The third-order valence-electron chi connectivity index (χ3n) is 1.86. The lowest BCUT2D eigenvalue weighted by atomic mass is 10.1. The number of halogens is 1. The highest BCUT2D eigenvalue weighted by Crippen LogP contribution is 2.14. The molecular weight excluding hydrogens is 172 g/mol. The van der Waals surface area contributed by atoms with Crippen molar-refractivity contribution in [3.05, 3.63) is 34.9 Å². The minimum absolute atomic E-state index is 0.224. The van der Waals surface area contributed by atoms with Crippen LogP contribution in [0.4, 0.5) is 0 Å². The van der Waals surface area contributed by atoms with Crippen LogP contribution in [0.5, 0.6) is 0 Å². The van der Waals surface area contributed by atoms with Crippen LogP contribution in [0, 0.1) is 0 Å². The highest BCUT2D eigenvalue weighted by Gasteiger charge is 2.04. The number of hydrogen-bond donors (Lipinski definition) is 2. The molecule has 3 heteroatoms. The van der Waals surface area contributed by atoms with Crippen LogP contribution in [0.25, 0.3) is 0 Å². The topological polar surface area (TPSA) is 38.0 Å². The zero-order chi connectivity index (χ0) is 8.97. The van der Waals surface area contributed by atoms with Gasteiger partial charge < -0.3 is 11.1 Å². The molecule has 3 N–H and O–H groups in total. The van der Waals surface area contributed by atoms with Crippen LogP contribution in [-0.4, -0.2) is 13.6 Å². The van der Waals surface area contributed by atoms with E-state index in [1.165, 1.54) is 5.56 Å². The van der Waals surface area contributed by atoms with E-state index in [9.17, 15) is 0 Å². The molecule has 0 spiro atoms. The Morgan fingerprint density at radius 3 is 2.42 bits per heavy atom. The van der Waals surface area contributed by atoms with Gasteiger partial charge in [-0.05, 0) is 24.7 Å². The quantitative estimate of drug-likeness (QED) is 0.749. The summed E-state index contributed by atoms with van der Waals surface area (Å²) >= 11 is 5.75. The first-order chi connectivity index (χ1) is 5.77. The summed E-state index contributed by atoms with van der Waals surface area (Å²) in [5, 5.41) is 3.87.